The lowest BCUT2D eigenvalue weighted by atomic mass is 9.76. The van der Waals surface area contributed by atoms with E-state index in [0.717, 1.165) is 24.4 Å². The normalized spacial score (nSPS) is 32.1. The molecule has 118 valence electrons. The van der Waals surface area contributed by atoms with E-state index in [0.29, 0.717) is 12.6 Å². The quantitative estimate of drug-likeness (QED) is 0.753. The molecule has 0 amide bonds. The van der Waals surface area contributed by atoms with Crippen LogP contribution >= 0.6 is 0 Å². The van der Waals surface area contributed by atoms with Gasteiger partial charge in [0, 0.05) is 25.2 Å². The molecule has 2 aliphatic carbocycles. The van der Waals surface area contributed by atoms with Crippen LogP contribution in [0, 0.1) is 11.8 Å². The van der Waals surface area contributed by atoms with Crippen LogP contribution in [0.3, 0.4) is 0 Å². The zero-order valence-corrected chi connectivity index (χ0v) is 13.5. The highest BCUT2D eigenvalue weighted by Crippen LogP contribution is 2.33. The van der Waals surface area contributed by atoms with Gasteiger partial charge in [-0.3, -0.25) is 4.90 Å². The van der Waals surface area contributed by atoms with Crippen molar-refractivity contribution in [3.05, 3.63) is 0 Å². The van der Waals surface area contributed by atoms with Crippen LogP contribution < -0.4 is 5.32 Å². The van der Waals surface area contributed by atoms with Gasteiger partial charge in [-0.15, -0.1) is 0 Å². The number of nitrogens with one attached hydrogen (secondary N) is 1. The minimum absolute atomic E-state index is 0.310. The third kappa shape index (κ3) is 4.19. The Balaban J connectivity index is 1.94. The van der Waals surface area contributed by atoms with Crippen LogP contribution in [-0.2, 0) is 0 Å². The van der Waals surface area contributed by atoms with E-state index >= 15 is 0 Å². The third-order valence-electron chi connectivity index (χ3n) is 5.74. The summed E-state index contributed by atoms with van der Waals surface area (Å²) in [4.78, 5) is 2.60. The standard InChI is InChI=1S/C17H34N2O/c1-3-14-8-9-17(18-2)15(12-14)13-19(10-11-20)16-6-4-5-7-16/h14-18,20H,3-13H2,1-2H3. The lowest BCUT2D eigenvalue weighted by Crippen LogP contribution is -2.47. The molecule has 3 nitrogen and oxygen atoms in total. The molecule has 0 aromatic carbocycles. The van der Waals surface area contributed by atoms with Gasteiger partial charge in [0.05, 0.1) is 6.61 Å². The van der Waals surface area contributed by atoms with Crippen molar-refractivity contribution in [3.63, 3.8) is 0 Å². The highest BCUT2D eigenvalue weighted by Gasteiger charge is 2.32. The molecule has 0 aromatic heterocycles. The van der Waals surface area contributed by atoms with Crippen molar-refractivity contribution in [3.8, 4) is 0 Å². The SMILES string of the molecule is CCC1CCC(NC)C(CN(CCO)C2CCCC2)C1. The average molecular weight is 282 g/mol. The molecule has 0 aromatic rings. The fourth-order valence-electron chi connectivity index (χ4n) is 4.44. The van der Waals surface area contributed by atoms with E-state index in [4.69, 9.17) is 0 Å². The minimum atomic E-state index is 0.310. The summed E-state index contributed by atoms with van der Waals surface area (Å²) < 4.78 is 0. The molecule has 2 aliphatic rings. The molecule has 0 heterocycles. The topological polar surface area (TPSA) is 35.5 Å². The van der Waals surface area contributed by atoms with Gasteiger partial charge in [0.1, 0.15) is 0 Å². The maximum atomic E-state index is 9.39. The summed E-state index contributed by atoms with van der Waals surface area (Å²) in [6.07, 6.45) is 10.9. The van der Waals surface area contributed by atoms with Crippen molar-refractivity contribution in [2.45, 2.75) is 70.4 Å². The summed E-state index contributed by atoms with van der Waals surface area (Å²) in [5.74, 6) is 1.69. The molecular weight excluding hydrogens is 248 g/mol. The van der Waals surface area contributed by atoms with Crippen molar-refractivity contribution in [1.29, 1.82) is 0 Å². The second-order valence-corrected chi connectivity index (χ2v) is 6.90. The van der Waals surface area contributed by atoms with Gasteiger partial charge >= 0.3 is 0 Å². The Kier molecular flexibility index (Phi) is 6.79. The monoisotopic (exact) mass is 282 g/mol. The highest BCUT2D eigenvalue weighted by atomic mass is 16.3. The van der Waals surface area contributed by atoms with Crippen molar-refractivity contribution >= 4 is 0 Å². The largest absolute Gasteiger partial charge is 0.395 e. The predicted molar refractivity (Wildman–Crippen MR) is 84.9 cm³/mol. The van der Waals surface area contributed by atoms with Crippen LogP contribution in [0.1, 0.15) is 58.3 Å². The van der Waals surface area contributed by atoms with Crippen LogP contribution in [0.5, 0.6) is 0 Å². The Morgan fingerprint density at radius 3 is 2.50 bits per heavy atom. The molecule has 20 heavy (non-hydrogen) atoms. The average Bonchev–Trinajstić information content (AvgIpc) is 3.00. The molecular formula is C17H34N2O. The molecule has 3 heteroatoms. The molecule has 2 N–H and O–H groups in total. The lowest BCUT2D eigenvalue weighted by molar-refractivity contribution is 0.0942. The second-order valence-electron chi connectivity index (χ2n) is 6.90. The van der Waals surface area contributed by atoms with E-state index in [1.54, 1.807) is 0 Å². The Hall–Kier alpha value is -0.120. The van der Waals surface area contributed by atoms with Crippen LogP contribution in [0.15, 0.2) is 0 Å². The maximum absolute atomic E-state index is 9.39. The summed E-state index contributed by atoms with van der Waals surface area (Å²) in [7, 11) is 2.12. The molecule has 0 aliphatic heterocycles. The summed E-state index contributed by atoms with van der Waals surface area (Å²) in [6, 6.07) is 1.42. The maximum Gasteiger partial charge on any atom is 0.0558 e. The molecule has 0 spiro atoms. The van der Waals surface area contributed by atoms with Crippen LogP contribution in [0.25, 0.3) is 0 Å². The third-order valence-corrected chi connectivity index (χ3v) is 5.74. The van der Waals surface area contributed by atoms with Gasteiger partial charge in [-0.1, -0.05) is 26.2 Å². The molecule has 3 atom stereocenters. The zero-order chi connectivity index (χ0) is 14.4. The molecule has 0 saturated heterocycles. The van der Waals surface area contributed by atoms with Crippen LogP contribution in [-0.4, -0.2) is 48.8 Å². The summed E-state index contributed by atoms with van der Waals surface area (Å²) in [5, 5.41) is 12.9. The van der Waals surface area contributed by atoms with Gasteiger partial charge in [-0.05, 0) is 51.0 Å². The number of nitrogens with zero attached hydrogens (tertiary/aromatic N) is 1. The fraction of sp³-hybridized carbons (Fsp3) is 1.00. The summed E-state index contributed by atoms with van der Waals surface area (Å²) in [6.45, 7) is 4.70. The van der Waals surface area contributed by atoms with Crippen molar-refractivity contribution in [2.75, 3.05) is 26.7 Å². The Morgan fingerprint density at radius 1 is 1.15 bits per heavy atom. The van der Waals surface area contributed by atoms with E-state index < -0.39 is 0 Å². The first-order valence-electron chi connectivity index (χ1n) is 8.80. The summed E-state index contributed by atoms with van der Waals surface area (Å²) >= 11 is 0. The van der Waals surface area contributed by atoms with Gasteiger partial charge in [0.15, 0.2) is 0 Å². The lowest BCUT2D eigenvalue weighted by Gasteiger charge is -2.40. The molecule has 2 rings (SSSR count). The smallest absolute Gasteiger partial charge is 0.0558 e. The molecule has 0 bridgehead atoms. The van der Waals surface area contributed by atoms with Gasteiger partial charge < -0.3 is 10.4 Å². The van der Waals surface area contributed by atoms with Crippen LogP contribution in [0.4, 0.5) is 0 Å². The van der Waals surface area contributed by atoms with Crippen molar-refractivity contribution < 1.29 is 5.11 Å². The van der Waals surface area contributed by atoms with Crippen molar-refractivity contribution in [2.24, 2.45) is 11.8 Å². The van der Waals surface area contributed by atoms with Gasteiger partial charge in [-0.25, -0.2) is 0 Å². The fourth-order valence-corrected chi connectivity index (χ4v) is 4.44. The highest BCUT2D eigenvalue weighted by molar-refractivity contribution is 4.88. The van der Waals surface area contributed by atoms with Crippen LogP contribution in [0.2, 0.25) is 0 Å². The first-order valence-corrected chi connectivity index (χ1v) is 8.80. The van der Waals surface area contributed by atoms with Gasteiger partial charge in [-0.2, -0.15) is 0 Å². The molecule has 0 radical (unpaired) electrons. The number of aliphatic hydroxyl groups is 1. The Morgan fingerprint density at radius 2 is 1.90 bits per heavy atom. The Labute approximate surface area is 125 Å². The van der Waals surface area contributed by atoms with Gasteiger partial charge in [0.2, 0.25) is 0 Å². The number of hydrogen-bond acceptors (Lipinski definition) is 3. The summed E-state index contributed by atoms with van der Waals surface area (Å²) in [5.41, 5.74) is 0. The number of rotatable bonds is 7. The zero-order valence-electron chi connectivity index (χ0n) is 13.5. The molecule has 2 fully saturated rings. The molecule has 3 unspecified atom stereocenters. The predicted octanol–water partition coefficient (Wildman–Crippen LogP) is 2.64. The van der Waals surface area contributed by atoms with Crippen molar-refractivity contribution in [1.82, 2.24) is 10.2 Å². The second kappa shape index (κ2) is 8.35. The minimum Gasteiger partial charge on any atom is -0.395 e. The van der Waals surface area contributed by atoms with E-state index in [1.807, 2.05) is 0 Å². The number of aliphatic hydroxyl groups excluding tert-OH is 1. The van der Waals surface area contributed by atoms with E-state index in [2.05, 4.69) is 24.2 Å². The first kappa shape index (κ1) is 16.3. The van der Waals surface area contributed by atoms with E-state index in [9.17, 15) is 5.11 Å². The molecule has 2 saturated carbocycles. The van der Waals surface area contributed by atoms with E-state index in [-0.39, 0.29) is 0 Å². The number of hydrogen-bond donors (Lipinski definition) is 2. The van der Waals surface area contributed by atoms with Gasteiger partial charge in [0.25, 0.3) is 0 Å². The Bertz CT molecular complexity index is 266. The first-order chi connectivity index (χ1) is 9.78. The van der Waals surface area contributed by atoms with E-state index in [1.165, 1.54) is 57.9 Å².